The summed E-state index contributed by atoms with van der Waals surface area (Å²) in [4.78, 5) is 27.9. The summed E-state index contributed by atoms with van der Waals surface area (Å²) in [6.45, 7) is 7.39. The third-order valence-corrected chi connectivity index (χ3v) is 6.61. The maximum atomic E-state index is 13.2. The molecule has 0 aliphatic carbocycles. The lowest BCUT2D eigenvalue weighted by Gasteiger charge is -2.27. The van der Waals surface area contributed by atoms with E-state index < -0.39 is 0 Å². The molecule has 0 aromatic heterocycles. The number of benzene rings is 2. The van der Waals surface area contributed by atoms with Gasteiger partial charge in [-0.2, -0.15) is 0 Å². The van der Waals surface area contributed by atoms with Crippen LogP contribution in [0.2, 0.25) is 0 Å². The molecule has 0 saturated carbocycles. The second-order valence-corrected chi connectivity index (χ2v) is 9.59. The van der Waals surface area contributed by atoms with Gasteiger partial charge in [0.15, 0.2) is 0 Å². The molecule has 1 N–H and O–H groups in total. The third-order valence-electron chi connectivity index (χ3n) is 5.53. The smallest absolute Gasteiger partial charge is 0.254 e. The van der Waals surface area contributed by atoms with Gasteiger partial charge >= 0.3 is 0 Å². The Morgan fingerprint density at radius 1 is 1.14 bits per heavy atom. The van der Waals surface area contributed by atoms with E-state index in [0.717, 1.165) is 30.0 Å². The Hall–Kier alpha value is -2.27. The number of rotatable bonds is 2. The number of anilines is 1. The number of likely N-dealkylation sites (tertiary alicyclic amines) is 1. The lowest BCUT2D eigenvalue weighted by Crippen LogP contribution is -2.31. The number of thioether (sulfide) groups is 1. The molecule has 4 nitrogen and oxygen atoms in total. The molecule has 5 heteroatoms. The van der Waals surface area contributed by atoms with Crippen molar-refractivity contribution in [3.05, 3.63) is 59.2 Å². The molecule has 1 saturated heterocycles. The van der Waals surface area contributed by atoms with Crippen molar-refractivity contribution >= 4 is 29.3 Å². The van der Waals surface area contributed by atoms with Crippen LogP contribution in [0.25, 0.3) is 0 Å². The van der Waals surface area contributed by atoms with Crippen LogP contribution >= 0.6 is 11.8 Å². The Bertz CT molecular complexity index is 915. The summed E-state index contributed by atoms with van der Waals surface area (Å²) in [7, 11) is 0. The number of hydrogen-bond acceptors (Lipinski definition) is 3. The molecular formula is C23H26N2O2S. The highest BCUT2D eigenvalue weighted by atomic mass is 32.2. The summed E-state index contributed by atoms with van der Waals surface area (Å²) >= 11 is 1.51. The molecule has 2 aromatic rings. The van der Waals surface area contributed by atoms with Crippen molar-refractivity contribution in [2.45, 2.75) is 50.0 Å². The van der Waals surface area contributed by atoms with E-state index in [9.17, 15) is 9.59 Å². The van der Waals surface area contributed by atoms with Gasteiger partial charge in [-0.1, -0.05) is 45.0 Å². The van der Waals surface area contributed by atoms with Gasteiger partial charge < -0.3 is 10.2 Å². The fourth-order valence-corrected chi connectivity index (χ4v) is 4.73. The SMILES string of the molecule is CC(C)(C)c1ccc(C2CCCN2C(=O)c2ccc3c(c2)NC(=O)CS3)cc1. The van der Waals surface area contributed by atoms with Crippen LogP contribution in [0.15, 0.2) is 47.4 Å². The Morgan fingerprint density at radius 2 is 1.89 bits per heavy atom. The molecule has 0 spiro atoms. The van der Waals surface area contributed by atoms with Crippen LogP contribution in [0, 0.1) is 0 Å². The minimum atomic E-state index is -0.0138. The molecular weight excluding hydrogens is 368 g/mol. The molecule has 1 atom stereocenters. The highest BCUT2D eigenvalue weighted by molar-refractivity contribution is 8.00. The molecule has 28 heavy (non-hydrogen) atoms. The standard InChI is InChI=1S/C23H26N2O2S/c1-23(2,3)17-9-6-15(7-10-17)19-5-4-12-25(19)22(27)16-8-11-20-18(13-16)24-21(26)14-28-20/h6-11,13,19H,4-5,12,14H2,1-3H3,(H,24,26). The molecule has 2 aliphatic heterocycles. The first-order chi connectivity index (χ1) is 13.3. The lowest BCUT2D eigenvalue weighted by atomic mass is 9.86. The molecule has 1 unspecified atom stereocenters. The van der Waals surface area contributed by atoms with E-state index in [-0.39, 0.29) is 23.3 Å². The van der Waals surface area contributed by atoms with Crippen molar-refractivity contribution in [1.29, 1.82) is 0 Å². The van der Waals surface area contributed by atoms with E-state index >= 15 is 0 Å². The molecule has 2 aromatic carbocycles. The second-order valence-electron chi connectivity index (χ2n) is 8.58. The van der Waals surface area contributed by atoms with Crippen LogP contribution in [-0.4, -0.2) is 29.0 Å². The zero-order valence-electron chi connectivity index (χ0n) is 16.6. The number of fused-ring (bicyclic) bond motifs is 1. The summed E-state index contributed by atoms with van der Waals surface area (Å²) in [6, 6.07) is 14.5. The quantitative estimate of drug-likeness (QED) is 0.779. The molecule has 1 fully saturated rings. The molecule has 4 rings (SSSR count). The van der Waals surface area contributed by atoms with Crippen LogP contribution < -0.4 is 5.32 Å². The first-order valence-corrected chi connectivity index (χ1v) is 10.8. The monoisotopic (exact) mass is 394 g/mol. The Labute approximate surface area is 170 Å². The van der Waals surface area contributed by atoms with E-state index in [0.29, 0.717) is 11.3 Å². The second kappa shape index (κ2) is 7.28. The van der Waals surface area contributed by atoms with Crippen molar-refractivity contribution in [3.8, 4) is 0 Å². The predicted molar refractivity (Wildman–Crippen MR) is 114 cm³/mol. The van der Waals surface area contributed by atoms with Crippen molar-refractivity contribution in [2.24, 2.45) is 0 Å². The zero-order chi connectivity index (χ0) is 19.9. The molecule has 146 valence electrons. The van der Waals surface area contributed by atoms with E-state index in [1.807, 2.05) is 23.1 Å². The Morgan fingerprint density at radius 3 is 2.61 bits per heavy atom. The van der Waals surface area contributed by atoms with E-state index in [1.165, 1.54) is 22.9 Å². The van der Waals surface area contributed by atoms with E-state index in [1.54, 1.807) is 0 Å². The summed E-state index contributed by atoms with van der Waals surface area (Å²) in [6.07, 6.45) is 1.99. The van der Waals surface area contributed by atoms with E-state index in [4.69, 9.17) is 0 Å². The Kier molecular flexibility index (Phi) is 4.96. The van der Waals surface area contributed by atoms with Gasteiger partial charge in [-0.25, -0.2) is 0 Å². The van der Waals surface area contributed by atoms with Crippen LogP contribution in [-0.2, 0) is 10.2 Å². The van der Waals surface area contributed by atoms with Crippen molar-refractivity contribution in [2.75, 3.05) is 17.6 Å². The topological polar surface area (TPSA) is 49.4 Å². The summed E-state index contributed by atoms with van der Waals surface area (Å²) in [5, 5.41) is 2.88. The van der Waals surface area contributed by atoms with Crippen molar-refractivity contribution in [3.63, 3.8) is 0 Å². The number of amides is 2. The van der Waals surface area contributed by atoms with Crippen molar-refractivity contribution in [1.82, 2.24) is 4.90 Å². The van der Waals surface area contributed by atoms with Crippen molar-refractivity contribution < 1.29 is 9.59 Å². The number of nitrogens with zero attached hydrogens (tertiary/aromatic N) is 1. The minimum absolute atomic E-state index is 0.0138. The Balaban J connectivity index is 1.57. The van der Waals surface area contributed by atoms with Gasteiger partial charge in [0, 0.05) is 17.0 Å². The fourth-order valence-electron chi connectivity index (χ4n) is 3.94. The van der Waals surface area contributed by atoms with Gasteiger partial charge in [0.2, 0.25) is 5.91 Å². The molecule has 0 radical (unpaired) electrons. The molecule has 2 aliphatic rings. The van der Waals surface area contributed by atoms with Gasteiger partial charge in [-0.05, 0) is 47.6 Å². The third kappa shape index (κ3) is 3.68. The average molecular weight is 395 g/mol. The van der Waals surface area contributed by atoms with Gasteiger partial charge in [0.1, 0.15) is 0 Å². The number of carbonyl (C=O) groups excluding carboxylic acids is 2. The maximum absolute atomic E-state index is 13.2. The minimum Gasteiger partial charge on any atom is -0.332 e. The first-order valence-electron chi connectivity index (χ1n) is 9.81. The lowest BCUT2D eigenvalue weighted by molar-refractivity contribution is -0.113. The summed E-state index contributed by atoms with van der Waals surface area (Å²) in [5.74, 6) is 0.453. The number of carbonyl (C=O) groups is 2. The highest BCUT2D eigenvalue weighted by Crippen LogP contribution is 2.36. The number of hydrogen-bond donors (Lipinski definition) is 1. The fraction of sp³-hybridized carbons (Fsp3) is 0.391. The van der Waals surface area contributed by atoms with Crippen LogP contribution in [0.1, 0.15) is 61.1 Å². The van der Waals surface area contributed by atoms with Crippen LogP contribution in [0.4, 0.5) is 5.69 Å². The van der Waals surface area contributed by atoms with Crippen LogP contribution in [0.3, 0.4) is 0 Å². The summed E-state index contributed by atoms with van der Waals surface area (Å²) in [5.41, 5.74) is 4.00. The van der Waals surface area contributed by atoms with E-state index in [2.05, 4.69) is 50.4 Å². The molecule has 2 heterocycles. The van der Waals surface area contributed by atoms with Gasteiger partial charge in [-0.3, -0.25) is 9.59 Å². The normalized spacial score (nSPS) is 19.3. The van der Waals surface area contributed by atoms with Gasteiger partial charge in [0.05, 0.1) is 17.5 Å². The maximum Gasteiger partial charge on any atom is 0.254 e. The largest absolute Gasteiger partial charge is 0.332 e. The molecule has 0 bridgehead atoms. The van der Waals surface area contributed by atoms with Gasteiger partial charge in [-0.15, -0.1) is 11.8 Å². The average Bonchev–Trinajstić information content (AvgIpc) is 3.16. The molecule has 2 amide bonds. The zero-order valence-corrected chi connectivity index (χ0v) is 17.4. The number of nitrogens with one attached hydrogen (secondary N) is 1. The summed E-state index contributed by atoms with van der Waals surface area (Å²) < 4.78 is 0. The first kappa shape index (κ1) is 19.1. The van der Waals surface area contributed by atoms with Gasteiger partial charge in [0.25, 0.3) is 5.91 Å². The predicted octanol–water partition coefficient (Wildman–Crippen LogP) is 5.01. The highest BCUT2D eigenvalue weighted by Gasteiger charge is 2.31. The van der Waals surface area contributed by atoms with Crippen LogP contribution in [0.5, 0.6) is 0 Å².